The lowest BCUT2D eigenvalue weighted by Gasteiger charge is -2.22. The van der Waals surface area contributed by atoms with Gasteiger partial charge in [0.25, 0.3) is 5.91 Å². The summed E-state index contributed by atoms with van der Waals surface area (Å²) in [5.41, 5.74) is 1.23. The topological polar surface area (TPSA) is 67.8 Å². The monoisotopic (exact) mass is 277 g/mol. The van der Waals surface area contributed by atoms with Crippen molar-refractivity contribution >= 4 is 5.91 Å². The molecular formula is C15H19NO4. The Morgan fingerprint density at radius 3 is 3.00 bits per heavy atom. The third kappa shape index (κ3) is 2.39. The first-order chi connectivity index (χ1) is 9.66. The van der Waals surface area contributed by atoms with Gasteiger partial charge < -0.3 is 19.9 Å². The lowest BCUT2D eigenvalue weighted by molar-refractivity contribution is 0.0431. The van der Waals surface area contributed by atoms with E-state index in [1.807, 2.05) is 13.0 Å². The molecule has 108 valence electrons. The van der Waals surface area contributed by atoms with Crippen molar-refractivity contribution < 1.29 is 19.4 Å². The summed E-state index contributed by atoms with van der Waals surface area (Å²) in [6.07, 6.45) is 0.255. The summed E-state index contributed by atoms with van der Waals surface area (Å²) in [6, 6.07) is 5.32. The number of carbonyl (C=O) groups excluding carboxylic acids is 1. The van der Waals surface area contributed by atoms with Gasteiger partial charge in [-0.2, -0.15) is 0 Å². The minimum Gasteiger partial charge on any atom is -0.491 e. The summed E-state index contributed by atoms with van der Waals surface area (Å²) >= 11 is 0. The van der Waals surface area contributed by atoms with Crippen molar-refractivity contribution in [3.8, 4) is 5.75 Å². The van der Waals surface area contributed by atoms with Crippen LogP contribution in [0.25, 0.3) is 0 Å². The van der Waals surface area contributed by atoms with Crippen molar-refractivity contribution in [3.63, 3.8) is 0 Å². The van der Waals surface area contributed by atoms with Crippen LogP contribution in [-0.4, -0.2) is 36.9 Å². The van der Waals surface area contributed by atoms with Crippen LogP contribution < -0.4 is 10.1 Å². The number of rotatable bonds is 2. The third-order valence-electron chi connectivity index (χ3n) is 4.08. The average molecular weight is 277 g/mol. The average Bonchev–Trinajstić information content (AvgIpc) is 2.79. The van der Waals surface area contributed by atoms with Crippen molar-refractivity contribution in [2.24, 2.45) is 5.92 Å². The van der Waals surface area contributed by atoms with Crippen LogP contribution in [0.3, 0.4) is 0 Å². The Hall–Kier alpha value is -1.59. The van der Waals surface area contributed by atoms with E-state index in [1.165, 1.54) is 0 Å². The molecule has 0 radical (unpaired) electrons. The standard InChI is InChI=1S/C15H19NO4/c1-9-11(4-6-19-9)14(17)10-2-3-13-12(8-10)15(18)16-5-7-20-13/h2-3,8-9,11,14,17H,4-7H2,1H3,(H,16,18). The van der Waals surface area contributed by atoms with Crippen molar-refractivity contribution in [1.82, 2.24) is 5.32 Å². The summed E-state index contributed by atoms with van der Waals surface area (Å²) < 4.78 is 11.0. The second-order valence-corrected chi connectivity index (χ2v) is 5.33. The molecule has 0 spiro atoms. The second kappa shape index (κ2) is 5.42. The Morgan fingerprint density at radius 2 is 2.25 bits per heavy atom. The molecule has 5 nitrogen and oxygen atoms in total. The highest BCUT2D eigenvalue weighted by Crippen LogP contribution is 2.35. The van der Waals surface area contributed by atoms with Gasteiger partial charge in [-0.1, -0.05) is 6.07 Å². The molecule has 3 atom stereocenters. The molecule has 1 aromatic carbocycles. The predicted molar refractivity (Wildman–Crippen MR) is 72.8 cm³/mol. The zero-order chi connectivity index (χ0) is 14.1. The molecule has 2 heterocycles. The van der Waals surface area contributed by atoms with E-state index in [-0.39, 0.29) is 17.9 Å². The zero-order valence-electron chi connectivity index (χ0n) is 11.5. The van der Waals surface area contributed by atoms with Gasteiger partial charge in [0.2, 0.25) is 0 Å². The van der Waals surface area contributed by atoms with Crippen LogP contribution in [0.5, 0.6) is 5.75 Å². The van der Waals surface area contributed by atoms with E-state index in [2.05, 4.69) is 5.32 Å². The van der Waals surface area contributed by atoms with E-state index >= 15 is 0 Å². The first-order valence-electron chi connectivity index (χ1n) is 7.01. The SMILES string of the molecule is CC1OCCC1C(O)c1ccc2c(c1)C(=O)NCCO2. The quantitative estimate of drug-likeness (QED) is 0.854. The van der Waals surface area contributed by atoms with Gasteiger partial charge in [-0.3, -0.25) is 4.79 Å². The molecular weight excluding hydrogens is 258 g/mol. The van der Waals surface area contributed by atoms with Gasteiger partial charge in [-0.15, -0.1) is 0 Å². The first kappa shape index (κ1) is 13.4. The van der Waals surface area contributed by atoms with Gasteiger partial charge in [0, 0.05) is 12.5 Å². The number of aliphatic hydroxyl groups is 1. The molecule has 2 N–H and O–H groups in total. The van der Waals surface area contributed by atoms with Gasteiger partial charge in [-0.25, -0.2) is 0 Å². The number of carbonyl (C=O) groups is 1. The van der Waals surface area contributed by atoms with Crippen molar-refractivity contribution in [2.75, 3.05) is 19.8 Å². The molecule has 0 bridgehead atoms. The smallest absolute Gasteiger partial charge is 0.255 e. The number of aliphatic hydroxyl groups excluding tert-OH is 1. The number of hydrogen-bond acceptors (Lipinski definition) is 4. The Balaban J connectivity index is 1.89. The van der Waals surface area contributed by atoms with E-state index in [1.54, 1.807) is 12.1 Å². The molecule has 1 fully saturated rings. The Kier molecular flexibility index (Phi) is 3.63. The van der Waals surface area contributed by atoms with Gasteiger partial charge in [0.05, 0.1) is 24.3 Å². The molecule has 3 unspecified atom stereocenters. The lowest BCUT2D eigenvalue weighted by Crippen LogP contribution is -2.24. The molecule has 5 heteroatoms. The minimum absolute atomic E-state index is 0.0360. The highest BCUT2D eigenvalue weighted by Gasteiger charge is 2.32. The van der Waals surface area contributed by atoms with Crippen molar-refractivity contribution in [2.45, 2.75) is 25.6 Å². The Bertz CT molecular complexity index is 517. The fourth-order valence-corrected chi connectivity index (χ4v) is 2.87. The van der Waals surface area contributed by atoms with E-state index < -0.39 is 6.10 Å². The third-order valence-corrected chi connectivity index (χ3v) is 4.08. The van der Waals surface area contributed by atoms with Gasteiger partial charge in [-0.05, 0) is 31.0 Å². The zero-order valence-corrected chi connectivity index (χ0v) is 11.5. The van der Waals surface area contributed by atoms with Crippen LogP contribution in [0.2, 0.25) is 0 Å². The van der Waals surface area contributed by atoms with Crippen LogP contribution in [0, 0.1) is 5.92 Å². The van der Waals surface area contributed by atoms with E-state index in [9.17, 15) is 9.90 Å². The molecule has 0 saturated carbocycles. The molecule has 2 aliphatic rings. The number of benzene rings is 1. The predicted octanol–water partition coefficient (Wildman–Crippen LogP) is 1.27. The van der Waals surface area contributed by atoms with Crippen molar-refractivity contribution in [1.29, 1.82) is 0 Å². The Morgan fingerprint density at radius 1 is 1.40 bits per heavy atom. The summed E-state index contributed by atoms with van der Waals surface area (Å²) in [6.45, 7) is 3.62. The largest absolute Gasteiger partial charge is 0.491 e. The molecule has 2 aliphatic heterocycles. The maximum atomic E-state index is 12.0. The summed E-state index contributed by atoms with van der Waals surface area (Å²) in [5.74, 6) is 0.497. The number of nitrogens with one attached hydrogen (secondary N) is 1. The van der Waals surface area contributed by atoms with Gasteiger partial charge >= 0.3 is 0 Å². The lowest BCUT2D eigenvalue weighted by atomic mass is 9.90. The molecule has 0 aliphatic carbocycles. The van der Waals surface area contributed by atoms with Gasteiger partial charge in [0.15, 0.2) is 0 Å². The number of ether oxygens (including phenoxy) is 2. The molecule has 20 heavy (non-hydrogen) atoms. The van der Waals surface area contributed by atoms with Crippen LogP contribution in [-0.2, 0) is 4.74 Å². The maximum absolute atomic E-state index is 12.0. The molecule has 1 aromatic rings. The van der Waals surface area contributed by atoms with Gasteiger partial charge in [0.1, 0.15) is 12.4 Å². The number of hydrogen-bond donors (Lipinski definition) is 2. The van der Waals surface area contributed by atoms with Crippen LogP contribution in [0.15, 0.2) is 18.2 Å². The van der Waals surface area contributed by atoms with Crippen molar-refractivity contribution in [3.05, 3.63) is 29.3 Å². The minimum atomic E-state index is -0.617. The molecule has 3 rings (SSSR count). The van der Waals surface area contributed by atoms with Crippen LogP contribution in [0.4, 0.5) is 0 Å². The molecule has 1 amide bonds. The fraction of sp³-hybridized carbons (Fsp3) is 0.533. The number of amides is 1. The van der Waals surface area contributed by atoms with E-state index in [0.717, 1.165) is 12.0 Å². The molecule has 0 aromatic heterocycles. The second-order valence-electron chi connectivity index (χ2n) is 5.33. The van der Waals surface area contributed by atoms with E-state index in [0.29, 0.717) is 31.1 Å². The normalized spacial score (nSPS) is 27.2. The van der Waals surface area contributed by atoms with Crippen LogP contribution >= 0.6 is 0 Å². The maximum Gasteiger partial charge on any atom is 0.255 e. The highest BCUT2D eigenvalue weighted by atomic mass is 16.5. The summed E-state index contributed by atoms with van der Waals surface area (Å²) in [4.78, 5) is 12.0. The summed E-state index contributed by atoms with van der Waals surface area (Å²) in [7, 11) is 0. The molecule has 1 saturated heterocycles. The van der Waals surface area contributed by atoms with Crippen LogP contribution in [0.1, 0.15) is 35.4 Å². The fourth-order valence-electron chi connectivity index (χ4n) is 2.87. The highest BCUT2D eigenvalue weighted by molar-refractivity contribution is 5.97. The number of fused-ring (bicyclic) bond motifs is 1. The Labute approximate surface area is 117 Å². The first-order valence-corrected chi connectivity index (χ1v) is 7.01. The van der Waals surface area contributed by atoms with E-state index in [4.69, 9.17) is 9.47 Å². The summed E-state index contributed by atoms with van der Waals surface area (Å²) in [5, 5.41) is 13.3.